The lowest BCUT2D eigenvalue weighted by Gasteiger charge is -2.37. The summed E-state index contributed by atoms with van der Waals surface area (Å²) in [7, 11) is 1.77. The quantitative estimate of drug-likeness (QED) is 0.729. The van der Waals surface area contributed by atoms with Gasteiger partial charge in [-0.2, -0.15) is 0 Å². The average molecular weight is 215 g/mol. The molecule has 1 N–H and O–H groups in total. The zero-order chi connectivity index (χ0) is 12.2. The first-order chi connectivity index (χ1) is 6.82. The minimum Gasteiger partial charge on any atom is -0.319 e. The van der Waals surface area contributed by atoms with Crippen molar-refractivity contribution in [2.75, 3.05) is 7.05 Å². The van der Waals surface area contributed by atoms with Gasteiger partial charge in [0.15, 0.2) is 0 Å². The Kier molecular flexibility index (Phi) is 5.65. The molecule has 4 nitrogen and oxygen atoms in total. The summed E-state index contributed by atoms with van der Waals surface area (Å²) in [6.07, 6.45) is 0. The van der Waals surface area contributed by atoms with Gasteiger partial charge in [-0.15, -0.1) is 0 Å². The minimum absolute atomic E-state index is 0.0394. The minimum atomic E-state index is 0.0394. The summed E-state index contributed by atoms with van der Waals surface area (Å²) in [5, 5.41) is 1.65. The van der Waals surface area contributed by atoms with Gasteiger partial charge in [-0.1, -0.05) is 0 Å². The molecule has 0 unspecified atom stereocenters. The van der Waals surface area contributed by atoms with Crippen molar-refractivity contribution in [3.8, 4) is 0 Å². The van der Waals surface area contributed by atoms with Gasteiger partial charge in [0.05, 0.1) is 0 Å². The molecule has 0 radical (unpaired) electrons. The van der Waals surface area contributed by atoms with Crippen LogP contribution in [0.2, 0.25) is 0 Å². The summed E-state index contributed by atoms with van der Waals surface area (Å²) in [5.41, 5.74) is 2.93. The molecule has 0 aromatic carbocycles. The zero-order valence-corrected chi connectivity index (χ0v) is 11.0. The first kappa shape index (κ1) is 14.2. The first-order valence-electron chi connectivity index (χ1n) is 5.61. The van der Waals surface area contributed by atoms with Crippen LogP contribution < -0.4 is 5.43 Å². The third-order valence-electron chi connectivity index (χ3n) is 2.30. The maximum atomic E-state index is 12.2. The number of nitrogens with zero attached hydrogens (tertiary/aromatic N) is 2. The Morgan fingerprint density at radius 2 is 1.33 bits per heavy atom. The summed E-state index contributed by atoms with van der Waals surface area (Å²) < 4.78 is 0. The van der Waals surface area contributed by atoms with E-state index in [4.69, 9.17) is 0 Å². The fourth-order valence-electron chi connectivity index (χ4n) is 1.74. The highest BCUT2D eigenvalue weighted by molar-refractivity contribution is 5.74. The Balaban J connectivity index is 4.76. The molecule has 2 amide bonds. The van der Waals surface area contributed by atoms with Gasteiger partial charge in [0.25, 0.3) is 0 Å². The maximum absolute atomic E-state index is 12.2. The van der Waals surface area contributed by atoms with E-state index in [0.717, 1.165) is 0 Å². The van der Waals surface area contributed by atoms with E-state index in [1.807, 2.05) is 46.4 Å². The van der Waals surface area contributed by atoms with Gasteiger partial charge in [-0.05, 0) is 41.5 Å². The molecule has 0 aliphatic heterocycles. The van der Waals surface area contributed by atoms with Crippen molar-refractivity contribution in [2.45, 2.75) is 59.7 Å². The molecule has 0 aliphatic rings. The van der Waals surface area contributed by atoms with Gasteiger partial charge in [0.1, 0.15) is 0 Å². The number of urea groups is 1. The van der Waals surface area contributed by atoms with E-state index in [-0.39, 0.29) is 24.2 Å². The summed E-state index contributed by atoms with van der Waals surface area (Å²) in [4.78, 5) is 14.1. The van der Waals surface area contributed by atoms with Crippen molar-refractivity contribution in [1.29, 1.82) is 0 Å². The van der Waals surface area contributed by atoms with Crippen LogP contribution in [0.4, 0.5) is 4.79 Å². The zero-order valence-electron chi connectivity index (χ0n) is 11.0. The van der Waals surface area contributed by atoms with Crippen LogP contribution >= 0.6 is 0 Å². The molecular weight excluding hydrogens is 190 g/mol. The molecule has 0 saturated heterocycles. The van der Waals surface area contributed by atoms with E-state index in [9.17, 15) is 4.79 Å². The van der Waals surface area contributed by atoms with E-state index in [2.05, 4.69) is 5.43 Å². The van der Waals surface area contributed by atoms with Gasteiger partial charge < -0.3 is 4.90 Å². The van der Waals surface area contributed by atoms with Crippen molar-refractivity contribution in [1.82, 2.24) is 15.3 Å². The molecule has 0 atom stereocenters. The van der Waals surface area contributed by atoms with E-state index in [1.54, 1.807) is 12.1 Å². The molecule has 0 bridgehead atoms. The van der Waals surface area contributed by atoms with Crippen LogP contribution in [0.1, 0.15) is 41.5 Å². The third kappa shape index (κ3) is 3.70. The Labute approximate surface area is 93.6 Å². The summed E-state index contributed by atoms with van der Waals surface area (Å²) >= 11 is 0. The van der Waals surface area contributed by atoms with Gasteiger partial charge >= 0.3 is 6.03 Å². The Morgan fingerprint density at radius 1 is 0.933 bits per heavy atom. The molecule has 0 heterocycles. The topological polar surface area (TPSA) is 35.6 Å². The van der Waals surface area contributed by atoms with Gasteiger partial charge in [-0.3, -0.25) is 5.01 Å². The molecule has 4 heteroatoms. The van der Waals surface area contributed by atoms with Crippen molar-refractivity contribution < 1.29 is 4.79 Å². The van der Waals surface area contributed by atoms with E-state index >= 15 is 0 Å². The van der Waals surface area contributed by atoms with Crippen LogP contribution in [-0.2, 0) is 0 Å². The second-order valence-electron chi connectivity index (χ2n) is 4.56. The predicted molar refractivity (Wildman–Crippen MR) is 63.5 cm³/mol. The molecule has 0 aromatic heterocycles. The molecule has 90 valence electrons. The number of hydrogen-bond acceptors (Lipinski definition) is 2. The number of carbonyl (C=O) groups excluding carboxylic acids is 1. The number of carbonyl (C=O) groups is 1. The highest BCUT2D eigenvalue weighted by Gasteiger charge is 2.26. The summed E-state index contributed by atoms with van der Waals surface area (Å²) in [5.74, 6) is 0. The lowest BCUT2D eigenvalue weighted by molar-refractivity contribution is 0.0952. The third-order valence-corrected chi connectivity index (χ3v) is 2.30. The molecule has 0 fully saturated rings. The lowest BCUT2D eigenvalue weighted by Crippen LogP contribution is -2.55. The molecule has 0 aliphatic carbocycles. The Hall–Kier alpha value is -0.770. The van der Waals surface area contributed by atoms with Gasteiger partial charge in [0, 0.05) is 25.2 Å². The molecule has 0 rings (SSSR count). The summed E-state index contributed by atoms with van der Waals surface area (Å²) in [6, 6.07) is 0.624. The largest absolute Gasteiger partial charge is 0.335 e. The van der Waals surface area contributed by atoms with E-state index in [0.29, 0.717) is 0 Å². The number of hydrazine groups is 1. The van der Waals surface area contributed by atoms with Crippen LogP contribution in [0.3, 0.4) is 0 Å². The number of amides is 2. The monoisotopic (exact) mass is 215 g/mol. The van der Waals surface area contributed by atoms with Crippen LogP contribution in [0, 0.1) is 0 Å². The van der Waals surface area contributed by atoms with Crippen molar-refractivity contribution in [2.24, 2.45) is 0 Å². The molecule has 15 heavy (non-hydrogen) atoms. The normalized spacial score (nSPS) is 11.3. The number of rotatable bonds is 4. The highest BCUT2D eigenvalue weighted by atomic mass is 16.2. The van der Waals surface area contributed by atoms with Crippen LogP contribution in [0.25, 0.3) is 0 Å². The van der Waals surface area contributed by atoms with E-state index < -0.39 is 0 Å². The standard InChI is InChI=1S/C11H25N3O/c1-8(2)13(9(3)4)11(15)14(12-7)10(5)6/h8-10,12H,1-7H3. The SMILES string of the molecule is CNN(C(=O)N(C(C)C)C(C)C)C(C)C. The number of nitrogens with one attached hydrogen (secondary N) is 1. The van der Waals surface area contributed by atoms with Crippen LogP contribution in [0.5, 0.6) is 0 Å². The number of hydrogen-bond donors (Lipinski definition) is 1. The van der Waals surface area contributed by atoms with Crippen molar-refractivity contribution in [3.63, 3.8) is 0 Å². The summed E-state index contributed by atoms with van der Waals surface area (Å²) in [6.45, 7) is 12.1. The molecule has 0 spiro atoms. The fraction of sp³-hybridized carbons (Fsp3) is 0.909. The average Bonchev–Trinajstić information content (AvgIpc) is 2.02. The van der Waals surface area contributed by atoms with E-state index in [1.165, 1.54) is 0 Å². The predicted octanol–water partition coefficient (Wildman–Crippen LogP) is 2.07. The second-order valence-corrected chi connectivity index (χ2v) is 4.56. The maximum Gasteiger partial charge on any atom is 0.335 e. The fourth-order valence-corrected chi connectivity index (χ4v) is 1.74. The van der Waals surface area contributed by atoms with Gasteiger partial charge in [-0.25, -0.2) is 10.2 Å². The second kappa shape index (κ2) is 5.95. The molecule has 0 saturated carbocycles. The lowest BCUT2D eigenvalue weighted by atomic mass is 10.2. The van der Waals surface area contributed by atoms with Crippen LogP contribution in [-0.4, -0.2) is 41.1 Å². The van der Waals surface area contributed by atoms with Crippen molar-refractivity contribution >= 4 is 6.03 Å². The highest BCUT2D eigenvalue weighted by Crippen LogP contribution is 2.10. The van der Waals surface area contributed by atoms with Crippen molar-refractivity contribution in [3.05, 3.63) is 0 Å². The molecular formula is C11H25N3O. The smallest absolute Gasteiger partial charge is 0.319 e. The van der Waals surface area contributed by atoms with Gasteiger partial charge in [0.2, 0.25) is 0 Å². The molecule has 0 aromatic rings. The Bertz CT molecular complexity index is 194. The first-order valence-corrected chi connectivity index (χ1v) is 5.61. The Morgan fingerprint density at radius 3 is 1.53 bits per heavy atom. The van der Waals surface area contributed by atoms with Crippen LogP contribution in [0.15, 0.2) is 0 Å².